The third-order valence-electron chi connectivity index (χ3n) is 4.87. The second kappa shape index (κ2) is 7.92. The van der Waals surface area contributed by atoms with Crippen molar-refractivity contribution in [1.29, 1.82) is 0 Å². The minimum atomic E-state index is -0.405. The van der Waals surface area contributed by atoms with E-state index < -0.39 is 6.10 Å². The summed E-state index contributed by atoms with van der Waals surface area (Å²) in [5, 5.41) is 14.4. The van der Waals surface area contributed by atoms with Crippen LogP contribution in [0.25, 0.3) is 10.9 Å². The molecule has 1 saturated heterocycles. The molecule has 0 bridgehead atoms. The van der Waals surface area contributed by atoms with E-state index >= 15 is 0 Å². The summed E-state index contributed by atoms with van der Waals surface area (Å²) in [5.41, 5.74) is 1.49. The molecule has 2 aromatic rings. The molecule has 1 aliphatic rings. The maximum absolute atomic E-state index is 12.1. The van der Waals surface area contributed by atoms with Crippen LogP contribution in [0.15, 0.2) is 35.1 Å². The number of piperidine rings is 1. The molecule has 1 unspecified atom stereocenters. The number of hydrogen-bond acceptors (Lipinski definition) is 4. The number of benzene rings is 1. The molecule has 2 heterocycles. The Kier molecular flexibility index (Phi) is 5.66. The fraction of sp³-hybridized carbons (Fsp3) is 0.526. The van der Waals surface area contributed by atoms with Gasteiger partial charge in [-0.1, -0.05) is 25.1 Å². The average molecular weight is 329 g/mol. The van der Waals surface area contributed by atoms with E-state index in [1.54, 1.807) is 0 Å². The number of aliphatic hydroxyl groups is 1. The topological polar surface area (TPSA) is 68.4 Å². The molecule has 5 nitrogen and oxygen atoms in total. The number of nitrogens with one attached hydrogen (secondary N) is 2. The molecule has 0 aliphatic carbocycles. The van der Waals surface area contributed by atoms with Gasteiger partial charge >= 0.3 is 0 Å². The lowest BCUT2D eigenvalue weighted by Gasteiger charge is -2.31. The van der Waals surface area contributed by atoms with Crippen LogP contribution in [0.1, 0.15) is 25.3 Å². The van der Waals surface area contributed by atoms with Crippen molar-refractivity contribution in [1.82, 2.24) is 15.2 Å². The van der Waals surface area contributed by atoms with E-state index in [4.69, 9.17) is 0 Å². The number of H-pyrrole nitrogens is 1. The molecule has 3 N–H and O–H groups in total. The van der Waals surface area contributed by atoms with Gasteiger partial charge in [0.15, 0.2) is 0 Å². The summed E-state index contributed by atoms with van der Waals surface area (Å²) in [5.74, 6) is 0.802. The highest BCUT2D eigenvalue weighted by Gasteiger charge is 2.18. The zero-order valence-corrected chi connectivity index (χ0v) is 14.3. The van der Waals surface area contributed by atoms with Crippen molar-refractivity contribution in [3.8, 4) is 0 Å². The Morgan fingerprint density at radius 3 is 2.88 bits per heavy atom. The Hall–Kier alpha value is -1.69. The molecule has 0 amide bonds. The largest absolute Gasteiger partial charge is 0.390 e. The van der Waals surface area contributed by atoms with Crippen LogP contribution in [0.3, 0.4) is 0 Å². The number of likely N-dealkylation sites (tertiary alicyclic amines) is 1. The first-order valence-corrected chi connectivity index (χ1v) is 8.84. The predicted octanol–water partition coefficient (Wildman–Crippen LogP) is 1.71. The highest BCUT2D eigenvalue weighted by atomic mass is 16.3. The Balaban J connectivity index is 1.49. The molecule has 1 aromatic heterocycles. The molecule has 3 rings (SSSR count). The van der Waals surface area contributed by atoms with Gasteiger partial charge in [0.05, 0.1) is 6.10 Å². The Bertz CT molecular complexity index is 720. The second-order valence-electron chi connectivity index (χ2n) is 6.98. The number of hydrogen-bond donors (Lipinski definition) is 3. The number of aromatic nitrogens is 1. The molecule has 1 atom stereocenters. The van der Waals surface area contributed by atoms with Crippen molar-refractivity contribution in [2.24, 2.45) is 5.92 Å². The molecule has 1 fully saturated rings. The number of aromatic amines is 1. The summed E-state index contributed by atoms with van der Waals surface area (Å²) in [7, 11) is 0. The molecule has 1 aromatic carbocycles. The lowest BCUT2D eigenvalue weighted by molar-refractivity contribution is 0.0906. The maximum Gasteiger partial charge on any atom is 0.252 e. The second-order valence-corrected chi connectivity index (χ2v) is 6.98. The molecule has 0 saturated carbocycles. The van der Waals surface area contributed by atoms with Gasteiger partial charge in [0.2, 0.25) is 0 Å². The number of β-amino-alcohol motifs (C(OH)–C–C–N with tert-alkyl or cyclic N) is 1. The van der Waals surface area contributed by atoms with Gasteiger partial charge in [-0.15, -0.1) is 0 Å². The zero-order valence-electron chi connectivity index (χ0n) is 14.3. The lowest BCUT2D eigenvalue weighted by atomic mass is 9.99. The first-order valence-electron chi connectivity index (χ1n) is 8.84. The number of para-hydroxylation sites is 1. The number of rotatable bonds is 6. The molecule has 0 radical (unpaired) electrons. The fourth-order valence-electron chi connectivity index (χ4n) is 3.30. The molecule has 24 heavy (non-hydrogen) atoms. The Morgan fingerprint density at radius 2 is 2.08 bits per heavy atom. The van der Waals surface area contributed by atoms with E-state index in [0.29, 0.717) is 25.2 Å². The summed E-state index contributed by atoms with van der Waals surface area (Å²) in [6.07, 6.45) is 2.03. The number of pyridine rings is 1. The van der Waals surface area contributed by atoms with Crippen LogP contribution < -0.4 is 10.9 Å². The molecule has 5 heteroatoms. The maximum atomic E-state index is 12.1. The van der Waals surface area contributed by atoms with Gasteiger partial charge < -0.3 is 20.3 Å². The van der Waals surface area contributed by atoms with Gasteiger partial charge in [-0.3, -0.25) is 4.79 Å². The van der Waals surface area contributed by atoms with Crippen LogP contribution in [0.4, 0.5) is 0 Å². The summed E-state index contributed by atoms with van der Waals surface area (Å²) in [6.45, 7) is 6.10. The van der Waals surface area contributed by atoms with Gasteiger partial charge in [0, 0.05) is 30.7 Å². The number of aliphatic hydroxyl groups excluding tert-OH is 1. The minimum Gasteiger partial charge on any atom is -0.390 e. The fourth-order valence-corrected chi connectivity index (χ4v) is 3.30. The SMILES string of the molecule is CC1CCN(CC(O)CNCc2cc3ccccc3[nH]c2=O)CC1. The third-order valence-corrected chi connectivity index (χ3v) is 4.87. The van der Waals surface area contributed by atoms with Gasteiger partial charge in [-0.05, 0) is 49.4 Å². The molecule has 1 aliphatic heterocycles. The highest BCUT2D eigenvalue weighted by molar-refractivity contribution is 5.78. The molecule has 130 valence electrons. The van der Waals surface area contributed by atoms with E-state index in [1.165, 1.54) is 12.8 Å². The van der Waals surface area contributed by atoms with Crippen LogP contribution in [-0.2, 0) is 6.54 Å². The summed E-state index contributed by atoms with van der Waals surface area (Å²) in [4.78, 5) is 17.3. The quantitative estimate of drug-likeness (QED) is 0.755. The van der Waals surface area contributed by atoms with Crippen molar-refractivity contribution >= 4 is 10.9 Å². The summed E-state index contributed by atoms with van der Waals surface area (Å²) >= 11 is 0. The van der Waals surface area contributed by atoms with Crippen molar-refractivity contribution in [2.45, 2.75) is 32.4 Å². The van der Waals surface area contributed by atoms with E-state index in [-0.39, 0.29) is 5.56 Å². The average Bonchev–Trinajstić information content (AvgIpc) is 2.57. The van der Waals surface area contributed by atoms with Crippen LogP contribution in [0.2, 0.25) is 0 Å². The van der Waals surface area contributed by atoms with Crippen molar-refractivity contribution in [2.75, 3.05) is 26.2 Å². The summed E-state index contributed by atoms with van der Waals surface area (Å²) < 4.78 is 0. The Labute approximate surface area is 142 Å². The van der Waals surface area contributed by atoms with E-state index in [0.717, 1.165) is 29.9 Å². The van der Waals surface area contributed by atoms with Crippen molar-refractivity contribution in [3.63, 3.8) is 0 Å². The van der Waals surface area contributed by atoms with Crippen LogP contribution >= 0.6 is 0 Å². The summed E-state index contributed by atoms with van der Waals surface area (Å²) in [6, 6.07) is 9.67. The van der Waals surface area contributed by atoms with E-state index in [9.17, 15) is 9.90 Å². The minimum absolute atomic E-state index is 0.0688. The van der Waals surface area contributed by atoms with Gasteiger partial charge in [-0.25, -0.2) is 0 Å². The predicted molar refractivity (Wildman–Crippen MR) is 97.1 cm³/mol. The zero-order chi connectivity index (χ0) is 16.9. The standard InChI is InChI=1S/C19H27N3O2/c1-14-6-8-22(9-7-14)13-17(23)12-20-11-16-10-15-4-2-3-5-18(15)21-19(16)24/h2-5,10,14,17,20,23H,6-9,11-13H2,1H3,(H,21,24). The molecule has 0 spiro atoms. The van der Waals surface area contributed by atoms with Gasteiger partial charge in [0.25, 0.3) is 5.56 Å². The molecular formula is C19H27N3O2. The van der Waals surface area contributed by atoms with Crippen molar-refractivity contribution < 1.29 is 5.11 Å². The van der Waals surface area contributed by atoms with Crippen LogP contribution in [0, 0.1) is 5.92 Å². The normalized spacial score (nSPS) is 18.1. The first kappa shape index (κ1) is 17.1. The van der Waals surface area contributed by atoms with Crippen LogP contribution in [-0.4, -0.2) is 47.3 Å². The smallest absolute Gasteiger partial charge is 0.252 e. The van der Waals surface area contributed by atoms with E-state index in [1.807, 2.05) is 30.3 Å². The van der Waals surface area contributed by atoms with Gasteiger partial charge in [-0.2, -0.15) is 0 Å². The third kappa shape index (κ3) is 4.44. The highest BCUT2D eigenvalue weighted by Crippen LogP contribution is 2.15. The van der Waals surface area contributed by atoms with Crippen molar-refractivity contribution in [3.05, 3.63) is 46.2 Å². The Morgan fingerprint density at radius 1 is 1.33 bits per heavy atom. The lowest BCUT2D eigenvalue weighted by Crippen LogP contribution is -2.42. The number of fused-ring (bicyclic) bond motifs is 1. The first-order chi connectivity index (χ1) is 11.6. The van der Waals surface area contributed by atoms with Crippen LogP contribution in [0.5, 0.6) is 0 Å². The molecular weight excluding hydrogens is 302 g/mol. The van der Waals surface area contributed by atoms with Gasteiger partial charge in [0.1, 0.15) is 0 Å². The monoisotopic (exact) mass is 329 g/mol. The van der Waals surface area contributed by atoms with E-state index in [2.05, 4.69) is 22.1 Å². The number of nitrogens with zero attached hydrogens (tertiary/aromatic N) is 1.